The zero-order valence-electron chi connectivity index (χ0n) is 7.34. The van der Waals surface area contributed by atoms with Gasteiger partial charge in [0.15, 0.2) is 5.89 Å². The van der Waals surface area contributed by atoms with E-state index < -0.39 is 0 Å². The van der Waals surface area contributed by atoms with E-state index in [1.807, 2.05) is 0 Å². The molecule has 3 nitrogen and oxygen atoms in total. The minimum Gasteiger partial charge on any atom is -0.448 e. The molecule has 1 aliphatic rings. The standard InChI is InChI=1S/C9H14N2O/c1-9(3-4-9)8-11-7(2-5-10)6-12-8/h6H,2-5,10H2,1H3. The normalized spacial score (nSPS) is 19.5. The summed E-state index contributed by atoms with van der Waals surface area (Å²) in [7, 11) is 0. The fourth-order valence-corrected chi connectivity index (χ4v) is 1.25. The van der Waals surface area contributed by atoms with E-state index in [2.05, 4.69) is 11.9 Å². The van der Waals surface area contributed by atoms with Crippen molar-refractivity contribution in [2.45, 2.75) is 31.6 Å². The lowest BCUT2D eigenvalue weighted by Gasteiger charge is -1.98. The second-order valence-electron chi connectivity index (χ2n) is 3.74. The molecule has 66 valence electrons. The highest BCUT2D eigenvalue weighted by Crippen LogP contribution is 2.46. The monoisotopic (exact) mass is 166 g/mol. The van der Waals surface area contributed by atoms with Gasteiger partial charge in [-0.3, -0.25) is 0 Å². The highest BCUT2D eigenvalue weighted by atomic mass is 16.3. The Hall–Kier alpha value is -0.830. The summed E-state index contributed by atoms with van der Waals surface area (Å²) in [6.07, 6.45) is 4.95. The number of oxazole rings is 1. The fourth-order valence-electron chi connectivity index (χ4n) is 1.25. The van der Waals surface area contributed by atoms with Crippen LogP contribution in [0.4, 0.5) is 0 Å². The Labute approximate surface area is 72.0 Å². The lowest BCUT2D eigenvalue weighted by Crippen LogP contribution is -2.04. The van der Waals surface area contributed by atoms with E-state index in [1.54, 1.807) is 6.26 Å². The van der Waals surface area contributed by atoms with Crippen LogP contribution in [0.1, 0.15) is 31.4 Å². The van der Waals surface area contributed by atoms with Crippen molar-refractivity contribution in [3.63, 3.8) is 0 Å². The number of hydrogen-bond acceptors (Lipinski definition) is 3. The van der Waals surface area contributed by atoms with Crippen molar-refractivity contribution in [2.24, 2.45) is 5.73 Å². The van der Waals surface area contributed by atoms with Crippen molar-refractivity contribution in [1.82, 2.24) is 4.98 Å². The van der Waals surface area contributed by atoms with Crippen molar-refractivity contribution >= 4 is 0 Å². The fraction of sp³-hybridized carbons (Fsp3) is 0.667. The summed E-state index contributed by atoms with van der Waals surface area (Å²) in [4.78, 5) is 4.39. The predicted molar refractivity (Wildman–Crippen MR) is 45.8 cm³/mol. The maximum absolute atomic E-state index is 5.41. The Morgan fingerprint density at radius 1 is 1.67 bits per heavy atom. The zero-order valence-corrected chi connectivity index (χ0v) is 7.34. The van der Waals surface area contributed by atoms with E-state index in [0.717, 1.165) is 18.0 Å². The Bertz CT molecular complexity index is 276. The van der Waals surface area contributed by atoms with Crippen LogP contribution in [-0.4, -0.2) is 11.5 Å². The van der Waals surface area contributed by atoms with Crippen LogP contribution in [0.15, 0.2) is 10.7 Å². The molecule has 3 heteroatoms. The van der Waals surface area contributed by atoms with Gasteiger partial charge >= 0.3 is 0 Å². The largest absolute Gasteiger partial charge is 0.448 e. The van der Waals surface area contributed by atoms with Crippen molar-refractivity contribution in [1.29, 1.82) is 0 Å². The summed E-state index contributed by atoms with van der Waals surface area (Å²) in [5.41, 5.74) is 6.64. The second kappa shape index (κ2) is 2.59. The third-order valence-electron chi connectivity index (χ3n) is 2.47. The molecule has 1 aliphatic carbocycles. The highest BCUT2D eigenvalue weighted by molar-refractivity contribution is 5.14. The van der Waals surface area contributed by atoms with Crippen LogP contribution in [0.25, 0.3) is 0 Å². The quantitative estimate of drug-likeness (QED) is 0.734. The van der Waals surface area contributed by atoms with Gasteiger partial charge in [0.1, 0.15) is 6.26 Å². The summed E-state index contributed by atoms with van der Waals surface area (Å²) in [5, 5.41) is 0. The minimum absolute atomic E-state index is 0.243. The van der Waals surface area contributed by atoms with Gasteiger partial charge < -0.3 is 10.2 Å². The lowest BCUT2D eigenvalue weighted by atomic mass is 10.1. The van der Waals surface area contributed by atoms with Gasteiger partial charge in [-0.15, -0.1) is 0 Å². The Morgan fingerprint density at radius 2 is 2.42 bits per heavy atom. The van der Waals surface area contributed by atoms with Crippen LogP contribution in [0, 0.1) is 0 Å². The lowest BCUT2D eigenvalue weighted by molar-refractivity contribution is 0.449. The molecular weight excluding hydrogens is 152 g/mol. The minimum atomic E-state index is 0.243. The van der Waals surface area contributed by atoms with E-state index in [-0.39, 0.29) is 5.41 Å². The first-order valence-electron chi connectivity index (χ1n) is 4.39. The van der Waals surface area contributed by atoms with Crippen molar-refractivity contribution < 1.29 is 4.42 Å². The molecule has 1 aromatic rings. The van der Waals surface area contributed by atoms with Crippen molar-refractivity contribution in [3.8, 4) is 0 Å². The first-order valence-corrected chi connectivity index (χ1v) is 4.39. The van der Waals surface area contributed by atoms with Crippen LogP contribution < -0.4 is 5.73 Å². The van der Waals surface area contributed by atoms with Gasteiger partial charge in [0, 0.05) is 11.8 Å². The summed E-state index contributed by atoms with van der Waals surface area (Å²) >= 11 is 0. The van der Waals surface area contributed by atoms with Crippen LogP contribution in [0.3, 0.4) is 0 Å². The average Bonchev–Trinajstić information content (AvgIpc) is 2.64. The predicted octanol–water partition coefficient (Wildman–Crippen LogP) is 1.23. The van der Waals surface area contributed by atoms with Crippen LogP contribution in [0.5, 0.6) is 0 Å². The number of rotatable bonds is 3. The highest BCUT2D eigenvalue weighted by Gasteiger charge is 2.43. The topological polar surface area (TPSA) is 52.0 Å². The van der Waals surface area contributed by atoms with Crippen molar-refractivity contribution in [3.05, 3.63) is 17.8 Å². The molecule has 0 aliphatic heterocycles. The maximum atomic E-state index is 5.41. The van der Waals surface area contributed by atoms with Gasteiger partial charge in [-0.2, -0.15) is 0 Å². The molecule has 0 spiro atoms. The molecule has 1 saturated carbocycles. The van der Waals surface area contributed by atoms with E-state index in [9.17, 15) is 0 Å². The molecule has 0 amide bonds. The van der Waals surface area contributed by atoms with Gasteiger partial charge in [-0.25, -0.2) is 4.98 Å². The third-order valence-corrected chi connectivity index (χ3v) is 2.47. The molecule has 0 atom stereocenters. The van der Waals surface area contributed by atoms with E-state index >= 15 is 0 Å². The van der Waals surface area contributed by atoms with Crippen molar-refractivity contribution in [2.75, 3.05) is 6.54 Å². The SMILES string of the molecule is CC1(c2nc(CCN)co2)CC1. The summed E-state index contributed by atoms with van der Waals surface area (Å²) in [5.74, 6) is 0.894. The number of hydrogen-bond donors (Lipinski definition) is 1. The first-order chi connectivity index (χ1) is 5.74. The second-order valence-corrected chi connectivity index (χ2v) is 3.74. The van der Waals surface area contributed by atoms with Crippen LogP contribution in [-0.2, 0) is 11.8 Å². The number of nitrogens with two attached hydrogens (primary N) is 1. The molecule has 0 unspecified atom stereocenters. The third kappa shape index (κ3) is 1.25. The molecule has 1 aromatic heterocycles. The van der Waals surface area contributed by atoms with Gasteiger partial charge in [0.2, 0.25) is 0 Å². The molecule has 0 bridgehead atoms. The summed E-state index contributed by atoms with van der Waals surface area (Å²) in [6, 6.07) is 0. The summed E-state index contributed by atoms with van der Waals surface area (Å²) < 4.78 is 5.38. The average molecular weight is 166 g/mol. The Morgan fingerprint density at radius 3 is 3.00 bits per heavy atom. The smallest absolute Gasteiger partial charge is 0.200 e. The Balaban J connectivity index is 2.13. The van der Waals surface area contributed by atoms with Gasteiger partial charge in [0.05, 0.1) is 5.69 Å². The molecule has 1 fully saturated rings. The van der Waals surface area contributed by atoms with Crippen LogP contribution in [0.2, 0.25) is 0 Å². The molecule has 2 rings (SSSR count). The van der Waals surface area contributed by atoms with Crippen LogP contribution >= 0.6 is 0 Å². The molecule has 0 saturated heterocycles. The van der Waals surface area contributed by atoms with Gasteiger partial charge in [-0.1, -0.05) is 6.92 Å². The molecule has 1 heterocycles. The van der Waals surface area contributed by atoms with E-state index in [4.69, 9.17) is 10.2 Å². The number of nitrogens with zero attached hydrogens (tertiary/aromatic N) is 1. The molecule has 0 radical (unpaired) electrons. The molecule has 2 N–H and O–H groups in total. The van der Waals surface area contributed by atoms with E-state index in [1.165, 1.54) is 12.8 Å². The van der Waals surface area contributed by atoms with E-state index in [0.29, 0.717) is 6.54 Å². The summed E-state index contributed by atoms with van der Waals surface area (Å²) in [6.45, 7) is 2.83. The van der Waals surface area contributed by atoms with Gasteiger partial charge in [-0.05, 0) is 19.4 Å². The maximum Gasteiger partial charge on any atom is 0.200 e. The molecular formula is C9H14N2O. The molecule has 12 heavy (non-hydrogen) atoms. The first kappa shape index (κ1) is 7.80. The Kier molecular flexibility index (Phi) is 1.68. The van der Waals surface area contributed by atoms with Gasteiger partial charge in [0.25, 0.3) is 0 Å². The zero-order chi connectivity index (χ0) is 8.60. The number of aromatic nitrogens is 1. The molecule has 0 aromatic carbocycles.